The summed E-state index contributed by atoms with van der Waals surface area (Å²) in [5, 5.41) is 10.2. The highest BCUT2D eigenvalue weighted by Gasteiger charge is 2.18. The standard InChI is InChI=1S/C14H13Br2NO2/c1-7-9(15)3-5-11(18)13(7)14-8(2)10(16)4-6-12(14)19-17/h3-6,18H,17H2,1-2H3. The van der Waals surface area contributed by atoms with E-state index >= 15 is 0 Å². The van der Waals surface area contributed by atoms with E-state index in [4.69, 9.17) is 10.7 Å². The van der Waals surface area contributed by atoms with Crippen molar-refractivity contribution in [1.82, 2.24) is 0 Å². The van der Waals surface area contributed by atoms with Crippen LogP contribution >= 0.6 is 31.9 Å². The van der Waals surface area contributed by atoms with Gasteiger partial charge in [0.05, 0.1) is 0 Å². The molecule has 2 rings (SSSR count). The summed E-state index contributed by atoms with van der Waals surface area (Å²) in [5.74, 6) is 6.06. The first-order valence-electron chi connectivity index (χ1n) is 5.61. The lowest BCUT2D eigenvalue weighted by Gasteiger charge is -2.16. The Balaban J connectivity index is 2.86. The quantitative estimate of drug-likeness (QED) is 0.749. The van der Waals surface area contributed by atoms with Crippen LogP contribution in [-0.4, -0.2) is 5.11 Å². The first-order valence-corrected chi connectivity index (χ1v) is 7.20. The summed E-state index contributed by atoms with van der Waals surface area (Å²) < 4.78 is 1.85. The van der Waals surface area contributed by atoms with Gasteiger partial charge in [-0.05, 0) is 49.2 Å². The number of hydrogen-bond acceptors (Lipinski definition) is 3. The van der Waals surface area contributed by atoms with Gasteiger partial charge in [-0.1, -0.05) is 31.9 Å². The van der Waals surface area contributed by atoms with E-state index < -0.39 is 0 Å². The summed E-state index contributed by atoms with van der Waals surface area (Å²) in [6, 6.07) is 7.09. The lowest BCUT2D eigenvalue weighted by Crippen LogP contribution is -2.05. The monoisotopic (exact) mass is 385 g/mol. The maximum atomic E-state index is 10.2. The average Bonchev–Trinajstić information content (AvgIpc) is 2.39. The Labute approximate surface area is 128 Å². The molecule has 0 heterocycles. The van der Waals surface area contributed by atoms with Crippen molar-refractivity contribution in [3.63, 3.8) is 0 Å². The van der Waals surface area contributed by atoms with Crippen LogP contribution in [-0.2, 0) is 0 Å². The normalized spacial score (nSPS) is 10.6. The zero-order valence-electron chi connectivity index (χ0n) is 10.5. The molecule has 0 spiro atoms. The van der Waals surface area contributed by atoms with Crippen molar-refractivity contribution in [3.8, 4) is 22.6 Å². The van der Waals surface area contributed by atoms with Gasteiger partial charge in [0.25, 0.3) is 0 Å². The van der Waals surface area contributed by atoms with Crippen molar-refractivity contribution >= 4 is 31.9 Å². The van der Waals surface area contributed by atoms with Gasteiger partial charge in [0.2, 0.25) is 0 Å². The van der Waals surface area contributed by atoms with Gasteiger partial charge >= 0.3 is 0 Å². The summed E-state index contributed by atoms with van der Waals surface area (Å²) in [5.41, 5.74) is 3.39. The second-order valence-electron chi connectivity index (χ2n) is 4.23. The lowest BCUT2D eigenvalue weighted by molar-refractivity contribution is 0.335. The minimum absolute atomic E-state index is 0.195. The van der Waals surface area contributed by atoms with Gasteiger partial charge in [0.15, 0.2) is 5.75 Å². The lowest BCUT2D eigenvalue weighted by atomic mass is 9.95. The highest BCUT2D eigenvalue weighted by atomic mass is 79.9. The molecule has 0 bridgehead atoms. The molecule has 2 aromatic carbocycles. The average molecular weight is 387 g/mol. The fourth-order valence-corrected chi connectivity index (χ4v) is 2.72. The molecule has 0 radical (unpaired) electrons. The Morgan fingerprint density at radius 2 is 1.47 bits per heavy atom. The van der Waals surface area contributed by atoms with E-state index in [2.05, 4.69) is 31.9 Å². The molecule has 0 fully saturated rings. The second kappa shape index (κ2) is 5.53. The van der Waals surface area contributed by atoms with E-state index in [-0.39, 0.29) is 5.75 Å². The first kappa shape index (κ1) is 14.4. The molecule has 2 aromatic rings. The van der Waals surface area contributed by atoms with Crippen molar-refractivity contribution in [2.24, 2.45) is 5.90 Å². The zero-order chi connectivity index (χ0) is 14.2. The van der Waals surface area contributed by atoms with Crippen LogP contribution in [0.1, 0.15) is 11.1 Å². The number of nitrogens with two attached hydrogens (primary N) is 1. The molecule has 0 aromatic heterocycles. The van der Waals surface area contributed by atoms with Crippen LogP contribution < -0.4 is 10.7 Å². The highest BCUT2D eigenvalue weighted by molar-refractivity contribution is 9.10. The Kier molecular flexibility index (Phi) is 4.18. The summed E-state index contributed by atoms with van der Waals surface area (Å²) in [6.45, 7) is 3.88. The van der Waals surface area contributed by atoms with Crippen LogP contribution in [0.15, 0.2) is 33.2 Å². The second-order valence-corrected chi connectivity index (χ2v) is 5.94. The van der Waals surface area contributed by atoms with Crippen LogP contribution in [0.5, 0.6) is 11.5 Å². The fraction of sp³-hybridized carbons (Fsp3) is 0.143. The van der Waals surface area contributed by atoms with Crippen molar-refractivity contribution in [2.75, 3.05) is 0 Å². The third-order valence-corrected chi connectivity index (χ3v) is 4.83. The minimum atomic E-state index is 0.195. The van der Waals surface area contributed by atoms with E-state index in [0.29, 0.717) is 11.3 Å². The molecule has 0 aliphatic heterocycles. The summed E-state index contributed by atoms with van der Waals surface area (Å²) in [6.07, 6.45) is 0. The van der Waals surface area contributed by atoms with E-state index in [9.17, 15) is 5.11 Å². The van der Waals surface area contributed by atoms with Gasteiger partial charge in [-0.3, -0.25) is 0 Å². The van der Waals surface area contributed by atoms with Crippen LogP contribution in [0.2, 0.25) is 0 Å². The number of hydrogen-bond donors (Lipinski definition) is 2. The van der Waals surface area contributed by atoms with Crippen LogP contribution in [0.4, 0.5) is 0 Å². The molecular formula is C14H13Br2NO2. The van der Waals surface area contributed by atoms with E-state index in [0.717, 1.165) is 25.6 Å². The number of aromatic hydroxyl groups is 1. The number of phenolic OH excluding ortho intramolecular Hbond substituents is 1. The van der Waals surface area contributed by atoms with Crippen LogP contribution in [0.25, 0.3) is 11.1 Å². The van der Waals surface area contributed by atoms with Crippen molar-refractivity contribution < 1.29 is 9.94 Å². The van der Waals surface area contributed by atoms with Crippen LogP contribution in [0.3, 0.4) is 0 Å². The molecule has 0 saturated carbocycles. The Morgan fingerprint density at radius 1 is 0.947 bits per heavy atom. The van der Waals surface area contributed by atoms with Crippen molar-refractivity contribution in [1.29, 1.82) is 0 Å². The topological polar surface area (TPSA) is 55.5 Å². The van der Waals surface area contributed by atoms with E-state index in [1.54, 1.807) is 12.1 Å². The number of benzene rings is 2. The molecule has 0 aliphatic rings. The molecule has 100 valence electrons. The van der Waals surface area contributed by atoms with Crippen molar-refractivity contribution in [3.05, 3.63) is 44.3 Å². The van der Waals surface area contributed by atoms with Gasteiger partial charge in [-0.15, -0.1) is 0 Å². The Bertz CT molecular complexity index is 642. The van der Waals surface area contributed by atoms with Gasteiger partial charge in [-0.25, -0.2) is 0 Å². The molecule has 0 saturated heterocycles. The Hall–Kier alpha value is -1.04. The first-order chi connectivity index (χ1) is 8.97. The van der Waals surface area contributed by atoms with Gasteiger partial charge in [0, 0.05) is 20.1 Å². The molecule has 3 N–H and O–H groups in total. The number of halogens is 2. The molecule has 5 heteroatoms. The smallest absolute Gasteiger partial charge is 0.155 e. The molecule has 0 amide bonds. The predicted molar refractivity (Wildman–Crippen MR) is 83.2 cm³/mol. The maximum Gasteiger partial charge on any atom is 0.155 e. The van der Waals surface area contributed by atoms with Gasteiger partial charge in [-0.2, -0.15) is 5.90 Å². The highest BCUT2D eigenvalue weighted by Crippen LogP contribution is 2.44. The van der Waals surface area contributed by atoms with Gasteiger partial charge < -0.3 is 9.94 Å². The van der Waals surface area contributed by atoms with E-state index in [1.807, 2.05) is 26.0 Å². The number of rotatable bonds is 2. The maximum absolute atomic E-state index is 10.2. The van der Waals surface area contributed by atoms with Crippen molar-refractivity contribution in [2.45, 2.75) is 13.8 Å². The molecule has 0 unspecified atom stereocenters. The van der Waals surface area contributed by atoms with Crippen LogP contribution in [0, 0.1) is 13.8 Å². The molecule has 0 aliphatic carbocycles. The minimum Gasteiger partial charge on any atom is -0.507 e. The Morgan fingerprint density at radius 3 is 2.05 bits per heavy atom. The third-order valence-electron chi connectivity index (χ3n) is 3.11. The fourth-order valence-electron chi connectivity index (χ4n) is 2.06. The largest absolute Gasteiger partial charge is 0.507 e. The molecule has 0 atom stereocenters. The van der Waals surface area contributed by atoms with Gasteiger partial charge in [0.1, 0.15) is 5.75 Å². The molecule has 19 heavy (non-hydrogen) atoms. The predicted octanol–water partition coefficient (Wildman–Crippen LogP) is 4.45. The zero-order valence-corrected chi connectivity index (χ0v) is 13.7. The molecular weight excluding hydrogens is 374 g/mol. The summed E-state index contributed by atoms with van der Waals surface area (Å²) >= 11 is 6.96. The summed E-state index contributed by atoms with van der Waals surface area (Å²) in [7, 11) is 0. The SMILES string of the molecule is Cc1c(Br)ccc(O)c1-c1c(ON)ccc(Br)c1C. The number of phenols is 1. The summed E-state index contributed by atoms with van der Waals surface area (Å²) in [4.78, 5) is 4.94. The van der Waals surface area contributed by atoms with E-state index in [1.165, 1.54) is 0 Å². The third kappa shape index (κ3) is 2.50. The molecule has 3 nitrogen and oxygen atoms in total.